The summed E-state index contributed by atoms with van der Waals surface area (Å²) in [6.45, 7) is -0.864. The highest BCUT2D eigenvalue weighted by molar-refractivity contribution is 7.60. The van der Waals surface area contributed by atoms with Crippen LogP contribution in [-0.2, 0) is 36.3 Å². The van der Waals surface area contributed by atoms with Gasteiger partial charge in [0.15, 0.2) is 17.4 Å². The van der Waals surface area contributed by atoms with Crippen molar-refractivity contribution in [1.82, 2.24) is 19.5 Å². The van der Waals surface area contributed by atoms with Crippen LogP contribution in [0, 0.1) is 0 Å². The summed E-state index contributed by atoms with van der Waals surface area (Å²) in [7, 11) is -15.1. The number of ether oxygens (including phenoxy) is 1. The fourth-order valence-corrected chi connectivity index (χ4v) is 5.84. The van der Waals surface area contributed by atoms with Crippen LogP contribution in [-0.4, -0.2) is 64.0 Å². The molecule has 2 unspecified atom stereocenters. The lowest BCUT2D eigenvalue weighted by Crippen LogP contribution is -2.31. The van der Waals surface area contributed by atoms with Crippen molar-refractivity contribution in [2.24, 2.45) is 0 Å². The molecule has 0 aromatic carbocycles. The molecule has 2 aromatic rings. The van der Waals surface area contributed by atoms with Crippen molar-refractivity contribution in [2.75, 3.05) is 12.3 Å². The molecular weight excluding hydrogens is 491 g/mol. The summed E-state index contributed by atoms with van der Waals surface area (Å²) in [5.41, 5.74) is 4.67. The zero-order valence-corrected chi connectivity index (χ0v) is 17.5. The number of fused-ring (bicyclic) bond motifs is 2. The number of hydrogen-bond acceptors (Lipinski definition) is 12. The van der Waals surface area contributed by atoms with E-state index in [9.17, 15) is 28.3 Å². The molecule has 4 rings (SSSR count). The van der Waals surface area contributed by atoms with Gasteiger partial charge in [0.1, 0.15) is 18.3 Å². The molecule has 18 nitrogen and oxygen atoms in total. The van der Waals surface area contributed by atoms with Crippen LogP contribution in [0.15, 0.2) is 11.1 Å². The maximum Gasteiger partial charge on any atom is 0.481 e. The van der Waals surface area contributed by atoms with E-state index < -0.39 is 60.2 Å². The van der Waals surface area contributed by atoms with Gasteiger partial charge in [0.05, 0.1) is 12.9 Å². The summed E-state index contributed by atoms with van der Waals surface area (Å²) in [6, 6.07) is 0. The molecule has 2 saturated heterocycles. The first kappa shape index (κ1) is 22.7. The molecule has 4 heterocycles. The normalized spacial score (nSPS) is 32.9. The fraction of sp³-hybridized carbons (Fsp3) is 0.500. The zero-order chi connectivity index (χ0) is 22.8. The molecule has 0 amide bonds. The van der Waals surface area contributed by atoms with Crippen molar-refractivity contribution in [3.63, 3.8) is 0 Å². The Hall–Kier alpha value is -1.52. The predicted molar refractivity (Wildman–Crippen MR) is 94.9 cm³/mol. The van der Waals surface area contributed by atoms with Crippen LogP contribution in [0.1, 0.15) is 6.23 Å². The summed E-state index contributed by atoms with van der Waals surface area (Å²) < 4.78 is 59.2. The zero-order valence-electron chi connectivity index (χ0n) is 14.8. The molecule has 31 heavy (non-hydrogen) atoms. The number of anilines is 1. The van der Waals surface area contributed by atoms with Crippen molar-refractivity contribution in [3.05, 3.63) is 16.7 Å². The molecule has 2 aromatic heterocycles. The Morgan fingerprint density at radius 3 is 2.65 bits per heavy atom. The summed E-state index contributed by atoms with van der Waals surface area (Å²) in [5, 5.41) is 0. The van der Waals surface area contributed by atoms with Crippen LogP contribution in [0.4, 0.5) is 5.95 Å². The van der Waals surface area contributed by atoms with E-state index in [0.29, 0.717) is 0 Å². The van der Waals surface area contributed by atoms with Crippen LogP contribution >= 0.6 is 23.5 Å². The van der Waals surface area contributed by atoms with E-state index in [1.807, 2.05) is 0 Å². The maximum atomic E-state index is 12.0. The van der Waals surface area contributed by atoms with Crippen LogP contribution in [0.25, 0.3) is 11.2 Å². The molecule has 7 N–H and O–H groups in total. The third-order valence-corrected chi connectivity index (χ3v) is 7.30. The lowest BCUT2D eigenvalue weighted by molar-refractivity contribution is -0.0580. The van der Waals surface area contributed by atoms with Crippen LogP contribution < -0.4 is 11.3 Å². The minimum atomic E-state index is -5.36. The van der Waals surface area contributed by atoms with Gasteiger partial charge in [-0.3, -0.25) is 27.9 Å². The van der Waals surface area contributed by atoms with Crippen LogP contribution in [0.2, 0.25) is 0 Å². The van der Waals surface area contributed by atoms with Gasteiger partial charge in [-0.25, -0.2) is 18.7 Å². The number of phosphoric ester groups is 2. The van der Waals surface area contributed by atoms with E-state index in [1.54, 1.807) is 0 Å². The molecule has 0 bridgehead atoms. The highest BCUT2D eigenvalue weighted by atomic mass is 31.3. The van der Waals surface area contributed by atoms with E-state index in [-0.39, 0.29) is 17.1 Å². The minimum Gasteiger partial charge on any atom is -0.369 e. The molecular formula is C10H14N5O13P3. The van der Waals surface area contributed by atoms with Gasteiger partial charge in [-0.15, -0.1) is 0 Å². The van der Waals surface area contributed by atoms with Gasteiger partial charge in [-0.05, 0) is 0 Å². The average molecular weight is 505 g/mol. The highest BCUT2D eigenvalue weighted by Crippen LogP contribution is 2.60. The SMILES string of the molecule is Nc1nc2c(ncn2[C@H]2O[C@H](COP(=O)(O)OP(=O)(O)O)[C@@H]3OP(=O)(O)O[C@@H]32)c(=O)[nH]1. The Balaban J connectivity index is 1.63. The second kappa shape index (κ2) is 7.52. The van der Waals surface area contributed by atoms with E-state index in [4.69, 9.17) is 29.3 Å². The molecule has 172 valence electrons. The van der Waals surface area contributed by atoms with Gasteiger partial charge < -0.3 is 30.0 Å². The number of nitrogens with zero attached hydrogens (tertiary/aromatic N) is 3. The van der Waals surface area contributed by atoms with Crippen molar-refractivity contribution < 1.29 is 55.9 Å². The second-order valence-corrected chi connectivity index (χ2v) is 10.5. The highest BCUT2D eigenvalue weighted by Gasteiger charge is 2.58. The maximum absolute atomic E-state index is 12.0. The predicted octanol–water partition coefficient (Wildman–Crippen LogP) is -1.29. The molecule has 2 fully saturated rings. The first-order chi connectivity index (χ1) is 14.2. The third kappa shape index (κ3) is 4.66. The number of nitrogens with two attached hydrogens (primary N) is 1. The standard InChI is InChI=1S/C10H14N5O13P3/c11-10-13-7-4(8(16)14-10)12-2-15(7)9-6-5(26-31(22,23)27-6)3(25-9)1-24-30(20,21)28-29(17,18)19/h2-3,5-6,9H,1H2,(H,20,21)(H,22,23)(H2,17,18,19)(H3,11,13,14,16)/t3-,5+,6+,9+/m1/s1. The molecule has 0 aliphatic carbocycles. The fourth-order valence-electron chi connectivity index (χ4n) is 3.09. The second-order valence-electron chi connectivity index (χ2n) is 6.29. The summed E-state index contributed by atoms with van der Waals surface area (Å²) in [6.07, 6.45) is -4.12. The number of nitrogens with one attached hydrogen (secondary N) is 1. The van der Waals surface area contributed by atoms with Gasteiger partial charge in [0.25, 0.3) is 5.56 Å². The van der Waals surface area contributed by atoms with E-state index in [0.717, 1.165) is 10.9 Å². The minimum absolute atomic E-state index is 0.0625. The Morgan fingerprint density at radius 1 is 1.29 bits per heavy atom. The monoisotopic (exact) mass is 505 g/mol. The summed E-state index contributed by atoms with van der Waals surface area (Å²) in [4.78, 5) is 58.4. The molecule has 21 heteroatoms. The topological polar surface area (TPSA) is 268 Å². The summed E-state index contributed by atoms with van der Waals surface area (Å²) in [5.74, 6) is -0.249. The summed E-state index contributed by atoms with van der Waals surface area (Å²) >= 11 is 0. The Morgan fingerprint density at radius 2 is 1.97 bits per heavy atom. The van der Waals surface area contributed by atoms with Crippen molar-refractivity contribution >= 4 is 40.6 Å². The van der Waals surface area contributed by atoms with E-state index in [2.05, 4.69) is 23.8 Å². The quantitative estimate of drug-likeness (QED) is 0.249. The Kier molecular flexibility index (Phi) is 5.50. The average Bonchev–Trinajstić information content (AvgIpc) is 3.22. The first-order valence-electron chi connectivity index (χ1n) is 8.06. The number of H-pyrrole nitrogens is 1. The van der Waals surface area contributed by atoms with Crippen molar-refractivity contribution in [3.8, 4) is 0 Å². The smallest absolute Gasteiger partial charge is 0.369 e. The van der Waals surface area contributed by atoms with Gasteiger partial charge in [-0.2, -0.15) is 9.29 Å². The lowest BCUT2D eigenvalue weighted by atomic mass is 10.1. The van der Waals surface area contributed by atoms with E-state index >= 15 is 0 Å². The molecule has 0 saturated carbocycles. The van der Waals surface area contributed by atoms with Gasteiger partial charge in [-0.1, -0.05) is 0 Å². The molecule has 0 radical (unpaired) electrons. The van der Waals surface area contributed by atoms with Crippen molar-refractivity contribution in [2.45, 2.75) is 24.5 Å². The third-order valence-electron chi connectivity index (χ3n) is 4.13. The Bertz CT molecular complexity index is 1220. The number of aromatic nitrogens is 4. The molecule has 2 aliphatic heterocycles. The molecule has 0 spiro atoms. The number of aromatic amines is 1. The number of hydrogen-bond donors (Lipinski definition) is 6. The number of rotatable bonds is 6. The lowest BCUT2D eigenvalue weighted by Gasteiger charge is -2.20. The Labute approximate surface area is 170 Å². The molecule has 2 aliphatic rings. The van der Waals surface area contributed by atoms with E-state index in [1.165, 1.54) is 0 Å². The van der Waals surface area contributed by atoms with Gasteiger partial charge in [0.2, 0.25) is 5.95 Å². The van der Waals surface area contributed by atoms with Crippen LogP contribution in [0.3, 0.4) is 0 Å². The molecule has 6 atom stereocenters. The van der Waals surface area contributed by atoms with Gasteiger partial charge >= 0.3 is 23.5 Å². The van der Waals surface area contributed by atoms with Gasteiger partial charge in [0, 0.05) is 0 Å². The van der Waals surface area contributed by atoms with Crippen LogP contribution in [0.5, 0.6) is 0 Å². The number of imidazole rings is 1. The largest absolute Gasteiger partial charge is 0.481 e. The number of phosphoric acid groups is 3. The van der Waals surface area contributed by atoms with Crippen molar-refractivity contribution in [1.29, 1.82) is 0 Å². The first-order valence-corrected chi connectivity index (χ1v) is 12.6. The number of nitrogen functional groups attached to an aromatic ring is 1.